The normalized spacial score (nSPS) is 17.8. The van der Waals surface area contributed by atoms with Gasteiger partial charge in [-0.3, -0.25) is 9.59 Å². The molecule has 1 aliphatic heterocycles. The van der Waals surface area contributed by atoms with Crippen LogP contribution in [0.4, 0.5) is 5.69 Å². The number of nitrogens with one attached hydrogen (secondary N) is 1. The van der Waals surface area contributed by atoms with Gasteiger partial charge in [-0.25, -0.2) is 0 Å². The van der Waals surface area contributed by atoms with Crippen LogP contribution < -0.4 is 5.32 Å². The first-order chi connectivity index (χ1) is 11.8. The van der Waals surface area contributed by atoms with Gasteiger partial charge in [0.2, 0.25) is 11.8 Å². The van der Waals surface area contributed by atoms with Gasteiger partial charge in [-0.15, -0.1) is 0 Å². The van der Waals surface area contributed by atoms with Crippen molar-refractivity contribution in [2.24, 2.45) is 5.92 Å². The molecule has 5 heteroatoms. The lowest BCUT2D eigenvalue weighted by molar-refractivity contribution is -0.128. The summed E-state index contributed by atoms with van der Waals surface area (Å²) in [4.78, 5) is 26.6. The summed E-state index contributed by atoms with van der Waals surface area (Å²) in [6, 6.07) is 11.5. The third kappa shape index (κ3) is 3.92. The number of furan rings is 1. The Morgan fingerprint density at radius 1 is 1.24 bits per heavy atom. The third-order valence-corrected chi connectivity index (χ3v) is 4.51. The van der Waals surface area contributed by atoms with Gasteiger partial charge in [0.05, 0.1) is 18.7 Å². The van der Waals surface area contributed by atoms with Crippen molar-refractivity contribution in [2.75, 3.05) is 11.9 Å². The highest BCUT2D eigenvalue weighted by molar-refractivity contribution is 5.97. The Bertz CT molecular complexity index is 759. The lowest BCUT2D eigenvalue weighted by atomic mass is 9.85. The third-order valence-electron chi connectivity index (χ3n) is 4.51. The smallest absolute Gasteiger partial charge is 0.229 e. The maximum absolute atomic E-state index is 12.7. The second-order valence-corrected chi connectivity index (χ2v) is 7.54. The Kier molecular flexibility index (Phi) is 4.66. The number of anilines is 1. The van der Waals surface area contributed by atoms with Crippen LogP contribution in [-0.2, 0) is 21.5 Å². The second kappa shape index (κ2) is 6.75. The minimum atomic E-state index is -0.338. The number of rotatable bonds is 4. The minimum Gasteiger partial charge on any atom is -0.467 e. The van der Waals surface area contributed by atoms with Crippen LogP contribution in [0.2, 0.25) is 0 Å². The molecule has 1 atom stereocenters. The first kappa shape index (κ1) is 17.3. The number of hydrogen-bond acceptors (Lipinski definition) is 3. The monoisotopic (exact) mass is 340 g/mol. The molecule has 5 nitrogen and oxygen atoms in total. The van der Waals surface area contributed by atoms with Crippen molar-refractivity contribution in [1.29, 1.82) is 0 Å². The lowest BCUT2D eigenvalue weighted by Gasteiger charge is -2.23. The number of hydrogen-bond donors (Lipinski definition) is 1. The predicted molar refractivity (Wildman–Crippen MR) is 96.0 cm³/mol. The first-order valence-electron chi connectivity index (χ1n) is 8.55. The number of carbonyl (C=O) groups excluding carboxylic acids is 2. The summed E-state index contributed by atoms with van der Waals surface area (Å²) >= 11 is 0. The molecule has 1 aliphatic rings. The van der Waals surface area contributed by atoms with Crippen LogP contribution in [0.5, 0.6) is 0 Å². The van der Waals surface area contributed by atoms with Crippen molar-refractivity contribution < 1.29 is 14.0 Å². The van der Waals surface area contributed by atoms with Crippen molar-refractivity contribution in [3.8, 4) is 0 Å². The quantitative estimate of drug-likeness (QED) is 0.925. The van der Waals surface area contributed by atoms with Crippen molar-refractivity contribution in [1.82, 2.24) is 4.90 Å². The van der Waals surface area contributed by atoms with Gasteiger partial charge in [-0.2, -0.15) is 0 Å². The van der Waals surface area contributed by atoms with Gasteiger partial charge in [-0.1, -0.05) is 39.0 Å². The van der Waals surface area contributed by atoms with Crippen LogP contribution in [0, 0.1) is 5.92 Å². The van der Waals surface area contributed by atoms with E-state index in [1.165, 1.54) is 0 Å². The van der Waals surface area contributed by atoms with Crippen LogP contribution in [0.15, 0.2) is 47.1 Å². The molecule has 0 radical (unpaired) electrons. The SMILES string of the molecule is CC(C)(C)c1ccccc1NC(=O)C1CC(=O)N(Cc2ccco2)C1. The molecule has 2 aromatic rings. The van der Waals surface area contributed by atoms with E-state index in [4.69, 9.17) is 4.42 Å². The lowest BCUT2D eigenvalue weighted by Crippen LogP contribution is -2.28. The van der Waals surface area contributed by atoms with Gasteiger partial charge >= 0.3 is 0 Å². The van der Waals surface area contributed by atoms with Gasteiger partial charge in [0.15, 0.2) is 0 Å². The first-order valence-corrected chi connectivity index (χ1v) is 8.55. The summed E-state index contributed by atoms with van der Waals surface area (Å²) in [5, 5.41) is 3.02. The number of nitrogens with zero attached hydrogens (tertiary/aromatic N) is 1. The van der Waals surface area contributed by atoms with E-state index in [9.17, 15) is 9.59 Å². The molecule has 2 heterocycles. The molecule has 1 unspecified atom stereocenters. The van der Waals surface area contributed by atoms with Crippen molar-refractivity contribution in [3.63, 3.8) is 0 Å². The largest absolute Gasteiger partial charge is 0.467 e. The minimum absolute atomic E-state index is 0.0133. The molecule has 0 aliphatic carbocycles. The summed E-state index contributed by atoms with van der Waals surface area (Å²) < 4.78 is 5.29. The molecule has 2 amide bonds. The molecule has 1 aromatic heterocycles. The van der Waals surface area contributed by atoms with Crippen LogP contribution in [0.3, 0.4) is 0 Å². The maximum Gasteiger partial charge on any atom is 0.229 e. The van der Waals surface area contributed by atoms with E-state index < -0.39 is 0 Å². The van der Waals surface area contributed by atoms with E-state index in [1.54, 1.807) is 17.2 Å². The standard InChI is InChI=1S/C20H24N2O3/c1-20(2,3)16-8-4-5-9-17(16)21-19(24)14-11-18(23)22(12-14)13-15-7-6-10-25-15/h4-10,14H,11-13H2,1-3H3,(H,21,24). The van der Waals surface area contributed by atoms with Gasteiger partial charge in [0.1, 0.15) is 5.76 Å². The van der Waals surface area contributed by atoms with Crippen molar-refractivity contribution in [3.05, 3.63) is 54.0 Å². The molecule has 0 saturated carbocycles. The molecule has 1 N–H and O–H groups in total. The van der Waals surface area contributed by atoms with Gasteiger partial charge in [0.25, 0.3) is 0 Å². The Morgan fingerprint density at radius 2 is 2.00 bits per heavy atom. The van der Waals surface area contributed by atoms with E-state index in [0.717, 1.165) is 17.0 Å². The molecule has 0 spiro atoms. The van der Waals surface area contributed by atoms with E-state index in [0.29, 0.717) is 13.1 Å². The number of amides is 2. The van der Waals surface area contributed by atoms with Gasteiger partial charge in [0, 0.05) is 18.7 Å². The van der Waals surface area contributed by atoms with Crippen LogP contribution in [-0.4, -0.2) is 23.3 Å². The molecular weight excluding hydrogens is 316 g/mol. The zero-order valence-electron chi connectivity index (χ0n) is 14.9. The summed E-state index contributed by atoms with van der Waals surface area (Å²) in [6.07, 6.45) is 1.83. The highest BCUT2D eigenvalue weighted by atomic mass is 16.3. The van der Waals surface area contributed by atoms with E-state index in [-0.39, 0.29) is 29.6 Å². The van der Waals surface area contributed by atoms with Gasteiger partial charge in [-0.05, 0) is 29.2 Å². The van der Waals surface area contributed by atoms with Crippen LogP contribution in [0.25, 0.3) is 0 Å². The van der Waals surface area contributed by atoms with E-state index in [2.05, 4.69) is 26.1 Å². The maximum atomic E-state index is 12.7. The average Bonchev–Trinajstić information content (AvgIpc) is 3.18. The fourth-order valence-electron chi connectivity index (χ4n) is 3.17. The summed E-state index contributed by atoms with van der Waals surface area (Å²) in [5.41, 5.74) is 1.83. The Morgan fingerprint density at radius 3 is 2.68 bits per heavy atom. The molecule has 3 rings (SSSR count). The zero-order valence-corrected chi connectivity index (χ0v) is 14.9. The fourth-order valence-corrected chi connectivity index (χ4v) is 3.17. The number of likely N-dealkylation sites (tertiary alicyclic amines) is 1. The van der Waals surface area contributed by atoms with Crippen LogP contribution in [0.1, 0.15) is 38.5 Å². The topological polar surface area (TPSA) is 62.6 Å². The summed E-state index contributed by atoms with van der Waals surface area (Å²) in [7, 11) is 0. The number of para-hydroxylation sites is 1. The Balaban J connectivity index is 1.68. The molecule has 0 bridgehead atoms. The molecule has 1 fully saturated rings. The number of carbonyl (C=O) groups is 2. The fraction of sp³-hybridized carbons (Fsp3) is 0.400. The highest BCUT2D eigenvalue weighted by Crippen LogP contribution is 2.30. The Labute approximate surface area is 148 Å². The molecular formula is C20H24N2O3. The summed E-state index contributed by atoms with van der Waals surface area (Å²) in [6.45, 7) is 7.17. The molecule has 1 aromatic carbocycles. The van der Waals surface area contributed by atoms with Gasteiger partial charge < -0.3 is 14.6 Å². The van der Waals surface area contributed by atoms with Crippen molar-refractivity contribution >= 4 is 17.5 Å². The van der Waals surface area contributed by atoms with E-state index in [1.807, 2.05) is 30.3 Å². The summed E-state index contributed by atoms with van der Waals surface area (Å²) in [5.74, 6) is 0.274. The van der Waals surface area contributed by atoms with Crippen molar-refractivity contribution in [2.45, 2.75) is 39.2 Å². The highest BCUT2D eigenvalue weighted by Gasteiger charge is 2.35. The van der Waals surface area contributed by atoms with E-state index >= 15 is 0 Å². The number of benzene rings is 1. The molecule has 25 heavy (non-hydrogen) atoms. The molecule has 132 valence electrons. The molecule has 1 saturated heterocycles. The predicted octanol–water partition coefficient (Wildman–Crippen LogP) is 3.56. The average molecular weight is 340 g/mol. The zero-order chi connectivity index (χ0) is 18.0. The van der Waals surface area contributed by atoms with Crippen LogP contribution >= 0.6 is 0 Å². The Hall–Kier alpha value is -2.56. The second-order valence-electron chi connectivity index (χ2n) is 7.54.